The van der Waals surface area contributed by atoms with Crippen molar-refractivity contribution in [1.82, 2.24) is 0 Å². The molecule has 0 bridgehead atoms. The molecule has 2 rings (SSSR count). The average molecular weight is 231 g/mol. The van der Waals surface area contributed by atoms with Crippen LogP contribution in [0.4, 0.5) is 13.2 Å². The lowest BCUT2D eigenvalue weighted by molar-refractivity contribution is -0.188. The highest BCUT2D eigenvalue weighted by Crippen LogP contribution is 2.46. The Labute approximate surface area is 91.2 Å². The highest BCUT2D eigenvalue weighted by molar-refractivity contribution is 5.44. The molecule has 16 heavy (non-hydrogen) atoms. The number of hydrogen-bond acceptors (Lipinski definition) is 2. The lowest BCUT2D eigenvalue weighted by atomic mass is 9.92. The van der Waals surface area contributed by atoms with Gasteiger partial charge in [0.2, 0.25) is 0 Å². The Kier molecular flexibility index (Phi) is 2.38. The first-order valence-electron chi connectivity index (χ1n) is 4.91. The molecule has 2 N–H and O–H groups in total. The molecule has 1 unspecified atom stereocenters. The van der Waals surface area contributed by atoms with Crippen molar-refractivity contribution in [2.45, 2.75) is 24.6 Å². The lowest BCUT2D eigenvalue weighted by Crippen LogP contribution is -2.48. The molecule has 1 aromatic rings. The summed E-state index contributed by atoms with van der Waals surface area (Å²) >= 11 is 0. The summed E-state index contributed by atoms with van der Waals surface area (Å²) in [5.74, 6) is 0.403. The van der Waals surface area contributed by atoms with Crippen LogP contribution >= 0.6 is 0 Å². The molecule has 0 aromatic heterocycles. The van der Waals surface area contributed by atoms with Gasteiger partial charge in [-0.3, -0.25) is 0 Å². The monoisotopic (exact) mass is 231 g/mol. The Hall–Kier alpha value is -1.23. The number of fused-ring (bicyclic) bond motifs is 1. The van der Waals surface area contributed by atoms with E-state index in [1.807, 2.05) is 0 Å². The number of ether oxygens (including phenoxy) is 1. The maximum absolute atomic E-state index is 12.9. The Morgan fingerprint density at radius 3 is 2.62 bits per heavy atom. The van der Waals surface area contributed by atoms with E-state index in [-0.39, 0.29) is 12.0 Å². The van der Waals surface area contributed by atoms with Gasteiger partial charge in [-0.15, -0.1) is 0 Å². The molecule has 1 atom stereocenters. The van der Waals surface area contributed by atoms with Crippen LogP contribution in [-0.4, -0.2) is 13.3 Å². The highest BCUT2D eigenvalue weighted by Gasteiger charge is 2.56. The van der Waals surface area contributed by atoms with E-state index in [0.29, 0.717) is 17.7 Å². The molecule has 0 saturated carbocycles. The molecule has 0 aliphatic heterocycles. The van der Waals surface area contributed by atoms with Crippen LogP contribution in [0.1, 0.15) is 17.5 Å². The first kappa shape index (κ1) is 11.3. The normalized spacial score (nSPS) is 24.3. The minimum absolute atomic E-state index is 0.0982. The van der Waals surface area contributed by atoms with Gasteiger partial charge in [0.1, 0.15) is 11.3 Å². The van der Waals surface area contributed by atoms with Crippen molar-refractivity contribution in [3.63, 3.8) is 0 Å². The number of aryl methyl sites for hydroxylation is 1. The van der Waals surface area contributed by atoms with Crippen LogP contribution in [0.25, 0.3) is 0 Å². The van der Waals surface area contributed by atoms with Crippen molar-refractivity contribution >= 4 is 0 Å². The van der Waals surface area contributed by atoms with Crippen molar-refractivity contribution in [2.24, 2.45) is 5.73 Å². The predicted molar refractivity (Wildman–Crippen MR) is 53.2 cm³/mol. The summed E-state index contributed by atoms with van der Waals surface area (Å²) in [6, 6.07) is 4.69. The van der Waals surface area contributed by atoms with E-state index in [0.717, 1.165) is 0 Å². The van der Waals surface area contributed by atoms with Gasteiger partial charge in [0.25, 0.3) is 0 Å². The maximum atomic E-state index is 12.9. The zero-order chi connectivity index (χ0) is 12.0. The molecule has 0 radical (unpaired) electrons. The second-order valence-corrected chi connectivity index (χ2v) is 3.99. The molecule has 0 spiro atoms. The SMILES string of the molecule is COc1ccc2c(c1)C(N)(C(F)(F)F)CC2. The van der Waals surface area contributed by atoms with Crippen molar-refractivity contribution in [2.75, 3.05) is 7.11 Å². The molecule has 1 aromatic carbocycles. The first-order chi connectivity index (χ1) is 7.38. The summed E-state index contributed by atoms with van der Waals surface area (Å²) < 4.78 is 43.6. The summed E-state index contributed by atoms with van der Waals surface area (Å²) in [7, 11) is 1.42. The van der Waals surface area contributed by atoms with Crippen LogP contribution in [-0.2, 0) is 12.0 Å². The van der Waals surface area contributed by atoms with Gasteiger partial charge in [0.05, 0.1) is 7.11 Å². The van der Waals surface area contributed by atoms with Gasteiger partial charge < -0.3 is 10.5 Å². The van der Waals surface area contributed by atoms with E-state index in [1.54, 1.807) is 12.1 Å². The Morgan fingerprint density at radius 2 is 2.06 bits per heavy atom. The van der Waals surface area contributed by atoms with E-state index in [2.05, 4.69) is 0 Å². The van der Waals surface area contributed by atoms with Gasteiger partial charge >= 0.3 is 6.18 Å². The molecule has 0 heterocycles. The highest BCUT2D eigenvalue weighted by atomic mass is 19.4. The summed E-state index contributed by atoms with van der Waals surface area (Å²) in [6.07, 6.45) is -4.17. The number of hydrogen-bond donors (Lipinski definition) is 1. The smallest absolute Gasteiger partial charge is 0.410 e. The fraction of sp³-hybridized carbons (Fsp3) is 0.455. The number of alkyl halides is 3. The molecule has 0 amide bonds. The molecular formula is C11H12F3NO. The third-order valence-electron chi connectivity index (χ3n) is 3.09. The van der Waals surface area contributed by atoms with Gasteiger partial charge in [0, 0.05) is 0 Å². The zero-order valence-electron chi connectivity index (χ0n) is 8.77. The summed E-state index contributed by atoms with van der Waals surface area (Å²) in [5.41, 5.74) is 4.06. The number of halogens is 3. The molecule has 0 saturated heterocycles. The van der Waals surface area contributed by atoms with Gasteiger partial charge in [0.15, 0.2) is 0 Å². The standard InChI is InChI=1S/C11H12F3NO/c1-16-8-3-2-7-4-5-10(15,9(7)6-8)11(12,13)14/h2-3,6H,4-5,15H2,1H3. The van der Waals surface area contributed by atoms with Gasteiger partial charge in [-0.2, -0.15) is 13.2 Å². The Balaban J connectivity index is 2.53. The summed E-state index contributed by atoms with van der Waals surface area (Å²) in [5, 5.41) is 0. The fourth-order valence-corrected chi connectivity index (χ4v) is 2.08. The van der Waals surface area contributed by atoms with E-state index in [4.69, 9.17) is 10.5 Å². The molecule has 0 fully saturated rings. The summed E-state index contributed by atoms with van der Waals surface area (Å²) in [6.45, 7) is 0. The van der Waals surface area contributed by atoms with Crippen molar-refractivity contribution in [3.05, 3.63) is 29.3 Å². The third-order valence-corrected chi connectivity index (χ3v) is 3.09. The van der Waals surface area contributed by atoms with E-state index in [9.17, 15) is 13.2 Å². The largest absolute Gasteiger partial charge is 0.497 e. The molecule has 88 valence electrons. The lowest BCUT2D eigenvalue weighted by Gasteiger charge is -2.28. The van der Waals surface area contributed by atoms with Crippen molar-refractivity contribution < 1.29 is 17.9 Å². The van der Waals surface area contributed by atoms with Crippen LogP contribution in [0.3, 0.4) is 0 Å². The van der Waals surface area contributed by atoms with Crippen LogP contribution < -0.4 is 10.5 Å². The molecule has 1 aliphatic carbocycles. The summed E-state index contributed by atoms with van der Waals surface area (Å²) in [4.78, 5) is 0. The van der Waals surface area contributed by atoms with Crippen LogP contribution in [0.15, 0.2) is 18.2 Å². The topological polar surface area (TPSA) is 35.2 Å². The maximum Gasteiger partial charge on any atom is 0.410 e. The number of benzene rings is 1. The van der Waals surface area contributed by atoms with Gasteiger partial charge in [-0.1, -0.05) is 6.07 Å². The fourth-order valence-electron chi connectivity index (χ4n) is 2.08. The van der Waals surface area contributed by atoms with Crippen LogP contribution in [0, 0.1) is 0 Å². The Bertz CT molecular complexity index is 416. The van der Waals surface area contributed by atoms with Crippen molar-refractivity contribution in [3.8, 4) is 5.75 Å². The second-order valence-electron chi connectivity index (χ2n) is 3.99. The zero-order valence-corrected chi connectivity index (χ0v) is 8.77. The number of methoxy groups -OCH3 is 1. The predicted octanol–water partition coefficient (Wildman–Crippen LogP) is 2.36. The first-order valence-corrected chi connectivity index (χ1v) is 4.91. The minimum Gasteiger partial charge on any atom is -0.497 e. The van der Waals surface area contributed by atoms with Crippen molar-refractivity contribution in [1.29, 1.82) is 0 Å². The van der Waals surface area contributed by atoms with Gasteiger partial charge in [-0.25, -0.2) is 0 Å². The molecular weight excluding hydrogens is 219 g/mol. The Morgan fingerprint density at radius 1 is 1.38 bits per heavy atom. The van der Waals surface area contributed by atoms with Crippen LogP contribution in [0.5, 0.6) is 5.75 Å². The molecule has 1 aliphatic rings. The van der Waals surface area contributed by atoms with E-state index >= 15 is 0 Å². The van der Waals surface area contributed by atoms with Gasteiger partial charge in [-0.05, 0) is 36.1 Å². The molecule has 5 heteroatoms. The van der Waals surface area contributed by atoms with E-state index < -0.39 is 11.7 Å². The number of nitrogens with two attached hydrogens (primary N) is 1. The van der Waals surface area contributed by atoms with Crippen LogP contribution in [0.2, 0.25) is 0 Å². The minimum atomic E-state index is -4.43. The van der Waals surface area contributed by atoms with E-state index in [1.165, 1.54) is 13.2 Å². The average Bonchev–Trinajstić information content (AvgIpc) is 2.56. The second kappa shape index (κ2) is 3.38. The number of rotatable bonds is 1. The quantitative estimate of drug-likeness (QED) is 0.805. The molecule has 2 nitrogen and oxygen atoms in total. The third kappa shape index (κ3) is 1.46.